The van der Waals surface area contributed by atoms with Gasteiger partial charge in [-0.2, -0.15) is 0 Å². The summed E-state index contributed by atoms with van der Waals surface area (Å²) in [6.45, 7) is 2.81. The maximum Gasteiger partial charge on any atom is 0.222 e. The number of carbonyl (C=O) groups is 1. The zero-order valence-corrected chi connectivity index (χ0v) is 11.9. The highest BCUT2D eigenvalue weighted by Crippen LogP contribution is 2.25. The van der Waals surface area contributed by atoms with Crippen molar-refractivity contribution in [3.05, 3.63) is 0 Å². The first kappa shape index (κ1) is 14.8. The van der Waals surface area contributed by atoms with Gasteiger partial charge in [-0.1, -0.05) is 12.8 Å². The Morgan fingerprint density at radius 1 is 1.21 bits per heavy atom. The zero-order valence-electron chi connectivity index (χ0n) is 11.9. The van der Waals surface area contributed by atoms with Crippen LogP contribution in [0.25, 0.3) is 0 Å². The molecule has 1 saturated heterocycles. The van der Waals surface area contributed by atoms with E-state index < -0.39 is 0 Å². The van der Waals surface area contributed by atoms with Crippen LogP contribution in [0.3, 0.4) is 0 Å². The fourth-order valence-electron chi connectivity index (χ4n) is 3.48. The number of nitrogens with zero attached hydrogens (tertiary/aromatic N) is 1. The molecule has 1 aliphatic carbocycles. The minimum absolute atomic E-state index is 0.0905. The lowest BCUT2D eigenvalue weighted by Crippen LogP contribution is -2.41. The molecule has 0 aromatic heterocycles. The summed E-state index contributed by atoms with van der Waals surface area (Å²) in [7, 11) is 0. The first-order chi connectivity index (χ1) is 9.31. The molecule has 1 unspecified atom stereocenters. The van der Waals surface area contributed by atoms with Gasteiger partial charge in [0.2, 0.25) is 5.91 Å². The van der Waals surface area contributed by atoms with Gasteiger partial charge in [0.15, 0.2) is 0 Å². The minimum atomic E-state index is 0.0905. The first-order valence-corrected chi connectivity index (χ1v) is 7.92. The second-order valence-electron chi connectivity index (χ2n) is 6.00. The molecule has 110 valence electrons. The molecule has 2 rings (SSSR count). The van der Waals surface area contributed by atoms with Crippen molar-refractivity contribution < 1.29 is 9.90 Å². The van der Waals surface area contributed by atoms with Gasteiger partial charge in [-0.15, -0.1) is 0 Å². The van der Waals surface area contributed by atoms with Gasteiger partial charge in [-0.05, 0) is 51.1 Å². The monoisotopic (exact) mass is 268 g/mol. The van der Waals surface area contributed by atoms with E-state index in [1.54, 1.807) is 0 Å². The Hall–Kier alpha value is -0.610. The number of piperidine rings is 1. The molecule has 1 aliphatic heterocycles. The third-order valence-electron chi connectivity index (χ3n) is 4.59. The molecule has 2 aliphatic rings. The predicted molar refractivity (Wildman–Crippen MR) is 75.9 cm³/mol. The Bertz CT molecular complexity index is 271. The highest BCUT2D eigenvalue weighted by molar-refractivity contribution is 5.76. The fraction of sp³-hybridized carbons (Fsp3) is 0.933. The highest BCUT2D eigenvalue weighted by atomic mass is 16.3. The standard InChI is InChI=1S/C15H28N2O2/c18-11-10-17(14-5-1-2-6-14)15(19)8-7-13-4-3-9-16-12-13/h13-14,16,18H,1-12H2. The molecule has 0 radical (unpaired) electrons. The Labute approximate surface area is 116 Å². The number of amides is 1. The van der Waals surface area contributed by atoms with E-state index in [2.05, 4.69) is 5.32 Å². The maximum absolute atomic E-state index is 12.4. The highest BCUT2D eigenvalue weighted by Gasteiger charge is 2.26. The van der Waals surface area contributed by atoms with E-state index in [0.29, 0.717) is 24.9 Å². The van der Waals surface area contributed by atoms with Crippen LogP contribution < -0.4 is 5.32 Å². The lowest BCUT2D eigenvalue weighted by atomic mass is 9.94. The van der Waals surface area contributed by atoms with Crippen molar-refractivity contribution in [2.75, 3.05) is 26.2 Å². The maximum atomic E-state index is 12.4. The number of nitrogens with one attached hydrogen (secondary N) is 1. The Morgan fingerprint density at radius 2 is 2.00 bits per heavy atom. The van der Waals surface area contributed by atoms with Crippen LogP contribution in [0.4, 0.5) is 0 Å². The van der Waals surface area contributed by atoms with Crippen molar-refractivity contribution in [2.45, 2.75) is 57.4 Å². The van der Waals surface area contributed by atoms with Gasteiger partial charge in [-0.25, -0.2) is 0 Å². The molecule has 0 spiro atoms. The molecule has 1 atom stereocenters. The van der Waals surface area contributed by atoms with E-state index in [9.17, 15) is 4.79 Å². The average molecular weight is 268 g/mol. The van der Waals surface area contributed by atoms with Gasteiger partial charge < -0.3 is 15.3 Å². The lowest BCUT2D eigenvalue weighted by Gasteiger charge is -2.29. The zero-order chi connectivity index (χ0) is 13.5. The Kier molecular flexibility index (Phi) is 6.11. The third kappa shape index (κ3) is 4.46. The van der Waals surface area contributed by atoms with Crippen LogP contribution in [0, 0.1) is 5.92 Å². The van der Waals surface area contributed by atoms with Crippen molar-refractivity contribution in [1.29, 1.82) is 0 Å². The number of aliphatic hydroxyl groups excluding tert-OH is 1. The van der Waals surface area contributed by atoms with Crippen LogP contribution in [-0.4, -0.2) is 48.2 Å². The molecular formula is C15H28N2O2. The molecular weight excluding hydrogens is 240 g/mol. The molecule has 2 fully saturated rings. The quantitative estimate of drug-likeness (QED) is 0.768. The SMILES string of the molecule is O=C(CCC1CCCNC1)N(CCO)C1CCCC1. The second kappa shape index (κ2) is 7.85. The summed E-state index contributed by atoms with van der Waals surface area (Å²) >= 11 is 0. The van der Waals surface area contributed by atoms with Gasteiger partial charge in [-0.3, -0.25) is 4.79 Å². The number of carbonyl (C=O) groups excluding carboxylic acids is 1. The summed E-state index contributed by atoms with van der Waals surface area (Å²) < 4.78 is 0. The van der Waals surface area contributed by atoms with E-state index in [1.807, 2.05) is 4.90 Å². The molecule has 4 heteroatoms. The van der Waals surface area contributed by atoms with Crippen LogP contribution in [0.1, 0.15) is 51.4 Å². The summed E-state index contributed by atoms with van der Waals surface area (Å²) in [5.41, 5.74) is 0. The van der Waals surface area contributed by atoms with Crippen molar-refractivity contribution in [3.8, 4) is 0 Å². The van der Waals surface area contributed by atoms with E-state index in [1.165, 1.54) is 25.7 Å². The van der Waals surface area contributed by atoms with Gasteiger partial charge in [0, 0.05) is 19.0 Å². The van der Waals surface area contributed by atoms with Crippen molar-refractivity contribution in [3.63, 3.8) is 0 Å². The molecule has 4 nitrogen and oxygen atoms in total. The normalized spacial score (nSPS) is 24.6. The van der Waals surface area contributed by atoms with E-state index in [4.69, 9.17) is 5.11 Å². The lowest BCUT2D eigenvalue weighted by molar-refractivity contribution is -0.134. The Morgan fingerprint density at radius 3 is 2.63 bits per heavy atom. The molecule has 1 heterocycles. The first-order valence-electron chi connectivity index (χ1n) is 7.92. The summed E-state index contributed by atoms with van der Waals surface area (Å²) in [4.78, 5) is 14.3. The number of aliphatic hydroxyl groups is 1. The molecule has 0 aromatic rings. The van der Waals surface area contributed by atoms with Crippen molar-refractivity contribution in [2.24, 2.45) is 5.92 Å². The number of rotatable bonds is 6. The Balaban J connectivity index is 1.77. The van der Waals surface area contributed by atoms with Crippen LogP contribution >= 0.6 is 0 Å². The average Bonchev–Trinajstić information content (AvgIpc) is 2.97. The largest absolute Gasteiger partial charge is 0.395 e. The smallest absolute Gasteiger partial charge is 0.222 e. The van der Waals surface area contributed by atoms with Crippen LogP contribution in [0.2, 0.25) is 0 Å². The van der Waals surface area contributed by atoms with Crippen molar-refractivity contribution >= 4 is 5.91 Å². The van der Waals surface area contributed by atoms with E-state index in [-0.39, 0.29) is 12.5 Å². The number of hydrogen-bond acceptors (Lipinski definition) is 3. The van der Waals surface area contributed by atoms with Gasteiger partial charge in [0.25, 0.3) is 0 Å². The summed E-state index contributed by atoms with van der Waals surface area (Å²) in [6.07, 6.45) is 8.85. The van der Waals surface area contributed by atoms with E-state index in [0.717, 1.165) is 32.4 Å². The minimum Gasteiger partial charge on any atom is -0.395 e. The van der Waals surface area contributed by atoms with Crippen LogP contribution in [0.15, 0.2) is 0 Å². The van der Waals surface area contributed by atoms with E-state index >= 15 is 0 Å². The van der Waals surface area contributed by atoms with Gasteiger partial charge >= 0.3 is 0 Å². The van der Waals surface area contributed by atoms with Crippen LogP contribution in [0.5, 0.6) is 0 Å². The molecule has 1 saturated carbocycles. The topological polar surface area (TPSA) is 52.6 Å². The van der Waals surface area contributed by atoms with Gasteiger partial charge in [0.1, 0.15) is 0 Å². The van der Waals surface area contributed by atoms with Gasteiger partial charge in [0.05, 0.1) is 6.61 Å². The van der Waals surface area contributed by atoms with Crippen molar-refractivity contribution in [1.82, 2.24) is 10.2 Å². The predicted octanol–water partition coefficient (Wildman–Crippen LogP) is 1.53. The fourth-order valence-corrected chi connectivity index (χ4v) is 3.48. The summed E-state index contributed by atoms with van der Waals surface area (Å²) in [5, 5.41) is 12.6. The molecule has 0 bridgehead atoms. The van der Waals surface area contributed by atoms with Crippen LogP contribution in [-0.2, 0) is 4.79 Å². The summed E-state index contributed by atoms with van der Waals surface area (Å²) in [5.74, 6) is 0.920. The molecule has 1 amide bonds. The second-order valence-corrected chi connectivity index (χ2v) is 6.00. The molecule has 2 N–H and O–H groups in total. The summed E-state index contributed by atoms with van der Waals surface area (Å²) in [6, 6.07) is 0.393. The molecule has 0 aromatic carbocycles. The third-order valence-corrected chi connectivity index (χ3v) is 4.59. The number of hydrogen-bond donors (Lipinski definition) is 2. The molecule has 19 heavy (non-hydrogen) atoms.